The molecule has 0 aromatic carbocycles. The van der Waals surface area contributed by atoms with Crippen molar-refractivity contribution in [1.82, 2.24) is 20.0 Å². The Bertz CT molecular complexity index is 439. The number of hydrogen-bond donors (Lipinski definition) is 1. The van der Waals surface area contributed by atoms with E-state index in [9.17, 15) is 5.11 Å². The fourth-order valence-electron chi connectivity index (χ4n) is 2.95. The van der Waals surface area contributed by atoms with Gasteiger partial charge in [-0.15, -0.1) is 10.2 Å². The van der Waals surface area contributed by atoms with E-state index >= 15 is 0 Å². The van der Waals surface area contributed by atoms with Crippen LogP contribution in [0.25, 0.3) is 0 Å². The number of hydrogen-bond acceptors (Lipinski definition) is 7. The van der Waals surface area contributed by atoms with E-state index in [1.165, 1.54) is 0 Å². The van der Waals surface area contributed by atoms with Gasteiger partial charge in [-0.2, -0.15) is 0 Å². The van der Waals surface area contributed by atoms with Crippen LogP contribution in [-0.2, 0) is 11.3 Å². The molecule has 112 valence electrons. The molecule has 3 heterocycles. The predicted molar refractivity (Wildman–Crippen MR) is 71.1 cm³/mol. The highest BCUT2D eigenvalue weighted by atomic mass is 16.5. The number of rotatable bonds is 3. The molecule has 7 heteroatoms. The second kappa shape index (κ2) is 6.17. The Balaban J connectivity index is 1.54. The Hall–Kier alpha value is -1.02. The van der Waals surface area contributed by atoms with Gasteiger partial charge in [0.15, 0.2) is 0 Å². The third-order valence-corrected chi connectivity index (χ3v) is 4.04. The van der Waals surface area contributed by atoms with E-state index in [0.717, 1.165) is 32.6 Å². The van der Waals surface area contributed by atoms with Gasteiger partial charge in [-0.3, -0.25) is 9.80 Å². The van der Waals surface area contributed by atoms with Gasteiger partial charge >= 0.3 is 0 Å². The van der Waals surface area contributed by atoms with Crippen LogP contribution >= 0.6 is 0 Å². The van der Waals surface area contributed by atoms with Crippen LogP contribution in [0.15, 0.2) is 4.42 Å². The molecule has 0 bridgehead atoms. The fourth-order valence-corrected chi connectivity index (χ4v) is 2.95. The third-order valence-electron chi connectivity index (χ3n) is 4.04. The predicted octanol–water partition coefficient (Wildman–Crippen LogP) is -0.355. The number of aliphatic hydroxyl groups is 1. The molecule has 2 aliphatic rings. The molecule has 0 unspecified atom stereocenters. The van der Waals surface area contributed by atoms with Crippen molar-refractivity contribution in [3.05, 3.63) is 11.8 Å². The highest BCUT2D eigenvalue weighted by molar-refractivity contribution is 4.86. The van der Waals surface area contributed by atoms with Crippen LogP contribution in [-0.4, -0.2) is 76.6 Å². The number of aromatic nitrogens is 2. The minimum absolute atomic E-state index is 0.153. The lowest BCUT2D eigenvalue weighted by Crippen LogP contribution is -2.44. The lowest BCUT2D eigenvalue weighted by Gasteiger charge is -2.28. The van der Waals surface area contributed by atoms with Crippen LogP contribution in [0, 0.1) is 6.92 Å². The quantitative estimate of drug-likeness (QED) is 0.812. The van der Waals surface area contributed by atoms with Gasteiger partial charge < -0.3 is 14.3 Å². The molecule has 1 N–H and O–H groups in total. The molecule has 7 nitrogen and oxygen atoms in total. The molecule has 2 fully saturated rings. The van der Waals surface area contributed by atoms with Crippen LogP contribution in [0.4, 0.5) is 0 Å². The molecule has 1 aromatic rings. The van der Waals surface area contributed by atoms with Crippen molar-refractivity contribution >= 4 is 0 Å². The molecule has 0 radical (unpaired) electrons. The van der Waals surface area contributed by atoms with Gasteiger partial charge in [0.1, 0.15) is 0 Å². The normalized spacial score (nSPS) is 29.7. The Morgan fingerprint density at radius 1 is 1.20 bits per heavy atom. The van der Waals surface area contributed by atoms with Crippen LogP contribution in [0.1, 0.15) is 18.2 Å². The van der Waals surface area contributed by atoms with E-state index in [1.807, 2.05) is 6.92 Å². The summed E-state index contributed by atoms with van der Waals surface area (Å²) in [6.45, 7) is 7.53. The molecule has 1 aromatic heterocycles. The van der Waals surface area contributed by atoms with Crippen LogP contribution in [0.3, 0.4) is 0 Å². The standard InChI is InChI=1S/C13H22N4O3/c1-10-14-15-13(20-10)7-16-3-2-4-17(6-5-16)11-8-19-9-12(11)18/h11-12,18H,2-9H2,1H3/t11-,12-/m1/s1. The molecular formula is C13H22N4O3. The molecule has 0 spiro atoms. The first-order valence-corrected chi connectivity index (χ1v) is 7.23. The van der Waals surface area contributed by atoms with Crippen molar-refractivity contribution in [3.63, 3.8) is 0 Å². The van der Waals surface area contributed by atoms with E-state index in [4.69, 9.17) is 9.15 Å². The van der Waals surface area contributed by atoms with Gasteiger partial charge in [-0.1, -0.05) is 0 Å². The lowest BCUT2D eigenvalue weighted by atomic mass is 10.2. The number of nitrogens with zero attached hydrogens (tertiary/aromatic N) is 4. The van der Waals surface area contributed by atoms with Crippen molar-refractivity contribution in [2.24, 2.45) is 0 Å². The van der Waals surface area contributed by atoms with E-state index < -0.39 is 0 Å². The van der Waals surface area contributed by atoms with Gasteiger partial charge in [0, 0.05) is 20.0 Å². The topological polar surface area (TPSA) is 74.9 Å². The second-order valence-electron chi connectivity index (χ2n) is 5.55. The van der Waals surface area contributed by atoms with E-state index in [0.29, 0.717) is 31.5 Å². The maximum Gasteiger partial charge on any atom is 0.230 e. The number of ether oxygens (including phenoxy) is 1. The Labute approximate surface area is 118 Å². The summed E-state index contributed by atoms with van der Waals surface area (Å²) in [7, 11) is 0. The smallest absolute Gasteiger partial charge is 0.230 e. The van der Waals surface area contributed by atoms with Gasteiger partial charge in [-0.25, -0.2) is 0 Å². The summed E-state index contributed by atoms with van der Waals surface area (Å²) in [4.78, 5) is 4.67. The van der Waals surface area contributed by atoms with E-state index in [1.54, 1.807) is 0 Å². The van der Waals surface area contributed by atoms with Crippen molar-refractivity contribution in [3.8, 4) is 0 Å². The molecule has 20 heavy (non-hydrogen) atoms. The maximum absolute atomic E-state index is 9.92. The first-order chi connectivity index (χ1) is 9.72. The minimum Gasteiger partial charge on any atom is -0.424 e. The minimum atomic E-state index is -0.347. The van der Waals surface area contributed by atoms with Gasteiger partial charge in [-0.05, 0) is 19.5 Å². The van der Waals surface area contributed by atoms with Gasteiger partial charge in [0.25, 0.3) is 0 Å². The van der Waals surface area contributed by atoms with Crippen LogP contribution < -0.4 is 0 Å². The van der Waals surface area contributed by atoms with Crippen LogP contribution in [0.5, 0.6) is 0 Å². The SMILES string of the molecule is Cc1nnc(CN2CCCN([C@@H]3COC[C@H]3O)CC2)o1. The Morgan fingerprint density at radius 3 is 2.80 bits per heavy atom. The highest BCUT2D eigenvalue weighted by Crippen LogP contribution is 2.16. The first kappa shape index (κ1) is 13.9. The molecule has 2 atom stereocenters. The zero-order valence-corrected chi connectivity index (χ0v) is 11.9. The first-order valence-electron chi connectivity index (χ1n) is 7.23. The molecule has 0 aliphatic carbocycles. The molecule has 0 amide bonds. The summed E-state index contributed by atoms with van der Waals surface area (Å²) in [5.74, 6) is 1.29. The van der Waals surface area contributed by atoms with Crippen molar-refractivity contribution in [2.75, 3.05) is 39.4 Å². The highest BCUT2D eigenvalue weighted by Gasteiger charge is 2.32. The van der Waals surface area contributed by atoms with Gasteiger partial charge in [0.2, 0.25) is 11.8 Å². The number of aliphatic hydroxyl groups excluding tert-OH is 1. The average Bonchev–Trinajstić information content (AvgIpc) is 2.95. The van der Waals surface area contributed by atoms with Crippen molar-refractivity contribution in [2.45, 2.75) is 32.0 Å². The zero-order chi connectivity index (χ0) is 13.9. The monoisotopic (exact) mass is 282 g/mol. The van der Waals surface area contributed by atoms with E-state index in [2.05, 4.69) is 20.0 Å². The third kappa shape index (κ3) is 3.17. The van der Waals surface area contributed by atoms with Crippen molar-refractivity contribution < 1.29 is 14.3 Å². The molecule has 2 saturated heterocycles. The summed E-state index contributed by atoms with van der Waals surface area (Å²) in [6, 6.07) is 0.153. The summed E-state index contributed by atoms with van der Waals surface area (Å²) in [5.41, 5.74) is 0. The summed E-state index contributed by atoms with van der Waals surface area (Å²) in [5, 5.41) is 17.8. The fraction of sp³-hybridized carbons (Fsp3) is 0.846. The van der Waals surface area contributed by atoms with Gasteiger partial charge in [0.05, 0.1) is 31.9 Å². The van der Waals surface area contributed by atoms with Crippen molar-refractivity contribution in [1.29, 1.82) is 0 Å². The Kier molecular flexibility index (Phi) is 4.30. The summed E-state index contributed by atoms with van der Waals surface area (Å²) >= 11 is 0. The second-order valence-corrected chi connectivity index (χ2v) is 5.55. The average molecular weight is 282 g/mol. The molecule has 0 saturated carbocycles. The summed E-state index contributed by atoms with van der Waals surface area (Å²) < 4.78 is 10.8. The largest absolute Gasteiger partial charge is 0.424 e. The summed E-state index contributed by atoms with van der Waals surface area (Å²) in [6.07, 6.45) is 0.733. The lowest BCUT2D eigenvalue weighted by molar-refractivity contribution is 0.0835. The van der Waals surface area contributed by atoms with Crippen LogP contribution in [0.2, 0.25) is 0 Å². The molecule has 2 aliphatic heterocycles. The maximum atomic E-state index is 9.92. The zero-order valence-electron chi connectivity index (χ0n) is 11.9. The molecule has 3 rings (SSSR count). The van der Waals surface area contributed by atoms with E-state index in [-0.39, 0.29) is 12.1 Å². The Morgan fingerprint density at radius 2 is 2.10 bits per heavy atom. The number of aryl methyl sites for hydroxylation is 1. The molecular weight excluding hydrogens is 260 g/mol.